The third-order valence-electron chi connectivity index (χ3n) is 7.06. The van der Waals surface area contributed by atoms with Crippen LogP contribution in [-0.2, 0) is 14.9 Å². The van der Waals surface area contributed by atoms with E-state index in [9.17, 15) is 9.59 Å². The molecule has 2 aliphatic rings. The maximum absolute atomic E-state index is 13.2. The van der Waals surface area contributed by atoms with Gasteiger partial charge in [0.2, 0.25) is 5.91 Å². The van der Waals surface area contributed by atoms with Crippen molar-refractivity contribution in [3.8, 4) is 0 Å². The second-order valence-electron chi connectivity index (χ2n) is 11.0. The van der Waals surface area contributed by atoms with Gasteiger partial charge in [0.15, 0.2) is 5.16 Å². The highest BCUT2D eigenvalue weighted by Crippen LogP contribution is 2.26. The summed E-state index contributed by atoms with van der Waals surface area (Å²) in [6.45, 7) is 15.1. The Morgan fingerprint density at radius 2 is 1.82 bits per heavy atom. The number of morpholine rings is 1. The standard InChI is InChI=1S/C28H39ClN6O3S/c1-20-18-34(11-12-35(20)26(37)21-5-7-22(8-6-21)28(2,3)4)24-17-23(29)31-27(32-24)39-19-25(36)30-9-10-33-13-15-38-16-14-33/h5-8,17,20H,9-16,18-19H2,1-4H3,(H,30,36). The van der Waals surface area contributed by atoms with Gasteiger partial charge in [0, 0.05) is 63.5 Å². The van der Waals surface area contributed by atoms with E-state index in [4.69, 9.17) is 16.3 Å². The van der Waals surface area contributed by atoms with Crippen molar-refractivity contribution in [2.45, 2.75) is 44.3 Å². The van der Waals surface area contributed by atoms with Crippen LogP contribution in [0, 0.1) is 0 Å². The Labute approximate surface area is 240 Å². The lowest BCUT2D eigenvalue weighted by Crippen LogP contribution is -2.54. The third kappa shape index (κ3) is 8.30. The van der Waals surface area contributed by atoms with Crippen LogP contribution in [0.3, 0.4) is 0 Å². The van der Waals surface area contributed by atoms with Crippen molar-refractivity contribution in [3.63, 3.8) is 0 Å². The molecule has 0 aliphatic carbocycles. The predicted molar refractivity (Wildman–Crippen MR) is 156 cm³/mol. The lowest BCUT2D eigenvalue weighted by Gasteiger charge is -2.40. The van der Waals surface area contributed by atoms with Crippen molar-refractivity contribution in [2.24, 2.45) is 0 Å². The highest BCUT2D eigenvalue weighted by Gasteiger charge is 2.29. The van der Waals surface area contributed by atoms with E-state index in [0.717, 1.165) is 32.8 Å². The van der Waals surface area contributed by atoms with Crippen LogP contribution < -0.4 is 10.2 Å². The van der Waals surface area contributed by atoms with Gasteiger partial charge >= 0.3 is 0 Å². The van der Waals surface area contributed by atoms with E-state index in [2.05, 4.69) is 45.9 Å². The molecule has 2 saturated heterocycles. The minimum absolute atomic E-state index is 0.00405. The van der Waals surface area contributed by atoms with Crippen molar-refractivity contribution < 1.29 is 14.3 Å². The SMILES string of the molecule is CC1CN(c2cc(Cl)nc(SCC(=O)NCCN3CCOCC3)n2)CCN1C(=O)c1ccc(C(C)(C)C)cc1. The van der Waals surface area contributed by atoms with Gasteiger partial charge in [0.05, 0.1) is 19.0 Å². The first-order valence-corrected chi connectivity index (χ1v) is 14.9. The van der Waals surface area contributed by atoms with Crippen LogP contribution >= 0.6 is 23.4 Å². The molecular weight excluding hydrogens is 536 g/mol. The Hall–Kier alpha value is -2.40. The lowest BCUT2D eigenvalue weighted by molar-refractivity contribution is -0.118. The molecular formula is C28H39ClN6O3S. The van der Waals surface area contributed by atoms with Crippen LogP contribution in [0.5, 0.6) is 0 Å². The second-order valence-corrected chi connectivity index (χ2v) is 12.4. The zero-order valence-corrected chi connectivity index (χ0v) is 24.9. The topological polar surface area (TPSA) is 90.9 Å². The monoisotopic (exact) mass is 574 g/mol. The predicted octanol–water partition coefficient (Wildman–Crippen LogP) is 3.32. The molecule has 11 heteroatoms. The molecule has 39 heavy (non-hydrogen) atoms. The minimum Gasteiger partial charge on any atom is -0.379 e. The number of benzene rings is 1. The molecule has 2 amide bonds. The molecule has 1 aromatic carbocycles. The van der Waals surface area contributed by atoms with E-state index >= 15 is 0 Å². The van der Waals surface area contributed by atoms with Crippen molar-refractivity contribution in [3.05, 3.63) is 46.6 Å². The van der Waals surface area contributed by atoms with Gasteiger partial charge < -0.3 is 19.9 Å². The van der Waals surface area contributed by atoms with Crippen molar-refractivity contribution in [1.29, 1.82) is 0 Å². The quantitative estimate of drug-likeness (QED) is 0.292. The van der Waals surface area contributed by atoms with Crippen LogP contribution in [-0.4, -0.2) is 102 Å². The highest BCUT2D eigenvalue weighted by atomic mass is 35.5. The largest absolute Gasteiger partial charge is 0.379 e. The molecule has 1 N–H and O–H groups in total. The Bertz CT molecular complexity index is 1140. The molecule has 1 unspecified atom stereocenters. The number of carbonyl (C=O) groups excluding carboxylic acids is 2. The summed E-state index contributed by atoms with van der Waals surface area (Å²) < 4.78 is 5.35. The minimum atomic E-state index is -0.0605. The molecule has 212 valence electrons. The average Bonchev–Trinajstić information content (AvgIpc) is 2.91. The van der Waals surface area contributed by atoms with Gasteiger partial charge in [-0.3, -0.25) is 14.5 Å². The summed E-state index contributed by atoms with van der Waals surface area (Å²) in [6, 6.07) is 9.67. The molecule has 0 saturated carbocycles. The van der Waals surface area contributed by atoms with E-state index in [1.165, 1.54) is 17.3 Å². The Balaban J connectivity index is 1.29. The summed E-state index contributed by atoms with van der Waals surface area (Å²) in [5, 5.41) is 3.76. The maximum Gasteiger partial charge on any atom is 0.254 e. The van der Waals surface area contributed by atoms with Gasteiger partial charge in [-0.05, 0) is 30.0 Å². The first kappa shape index (κ1) is 29.6. The van der Waals surface area contributed by atoms with Crippen molar-refractivity contribution in [2.75, 3.05) is 69.7 Å². The summed E-state index contributed by atoms with van der Waals surface area (Å²) in [4.78, 5) is 40.9. The average molecular weight is 575 g/mol. The number of aromatic nitrogens is 2. The van der Waals surface area contributed by atoms with Gasteiger partial charge in [-0.2, -0.15) is 0 Å². The number of hydrogen-bond acceptors (Lipinski definition) is 8. The van der Waals surface area contributed by atoms with E-state index in [1.807, 2.05) is 36.1 Å². The smallest absolute Gasteiger partial charge is 0.254 e. The number of thioether (sulfide) groups is 1. The number of carbonyl (C=O) groups is 2. The summed E-state index contributed by atoms with van der Waals surface area (Å²) in [5.74, 6) is 0.905. The fourth-order valence-electron chi connectivity index (χ4n) is 4.72. The zero-order chi connectivity index (χ0) is 28.0. The summed E-state index contributed by atoms with van der Waals surface area (Å²) >= 11 is 7.59. The first-order chi connectivity index (χ1) is 18.6. The molecule has 0 bridgehead atoms. The normalized spacial score (nSPS) is 18.7. The first-order valence-electron chi connectivity index (χ1n) is 13.5. The van der Waals surface area contributed by atoms with Gasteiger partial charge in [0.1, 0.15) is 11.0 Å². The molecule has 0 spiro atoms. The molecule has 3 heterocycles. The van der Waals surface area contributed by atoms with E-state index < -0.39 is 0 Å². The Morgan fingerprint density at radius 3 is 2.49 bits per heavy atom. The van der Waals surface area contributed by atoms with Gasteiger partial charge in [-0.1, -0.05) is 56.3 Å². The van der Waals surface area contributed by atoms with Crippen LogP contribution in [0.4, 0.5) is 5.82 Å². The number of anilines is 1. The van der Waals surface area contributed by atoms with Crippen LogP contribution in [0.15, 0.2) is 35.5 Å². The number of rotatable bonds is 8. The van der Waals surface area contributed by atoms with E-state index in [1.54, 1.807) is 6.07 Å². The summed E-state index contributed by atoms with van der Waals surface area (Å²) in [7, 11) is 0. The zero-order valence-electron chi connectivity index (χ0n) is 23.3. The van der Waals surface area contributed by atoms with Crippen molar-refractivity contribution >= 4 is 41.0 Å². The summed E-state index contributed by atoms with van der Waals surface area (Å²) in [5.41, 5.74) is 1.95. The number of halogens is 1. The van der Waals surface area contributed by atoms with Crippen LogP contribution in [0.25, 0.3) is 0 Å². The summed E-state index contributed by atoms with van der Waals surface area (Å²) in [6.07, 6.45) is 0. The highest BCUT2D eigenvalue weighted by molar-refractivity contribution is 7.99. The number of hydrogen-bond donors (Lipinski definition) is 1. The van der Waals surface area contributed by atoms with E-state index in [-0.39, 0.29) is 29.0 Å². The molecule has 1 aromatic heterocycles. The number of piperazine rings is 1. The number of nitrogens with one attached hydrogen (secondary N) is 1. The van der Waals surface area contributed by atoms with Gasteiger partial charge in [-0.25, -0.2) is 9.97 Å². The van der Waals surface area contributed by atoms with Crippen LogP contribution in [0.1, 0.15) is 43.6 Å². The lowest BCUT2D eigenvalue weighted by atomic mass is 9.86. The molecule has 0 radical (unpaired) electrons. The maximum atomic E-state index is 13.2. The molecule has 2 aliphatic heterocycles. The Kier molecular flexibility index (Phi) is 10.1. The van der Waals surface area contributed by atoms with Gasteiger partial charge in [0.25, 0.3) is 5.91 Å². The number of nitrogens with zero attached hydrogens (tertiary/aromatic N) is 5. The molecule has 2 aromatic rings. The molecule has 2 fully saturated rings. The molecule has 9 nitrogen and oxygen atoms in total. The Morgan fingerprint density at radius 1 is 1.10 bits per heavy atom. The fourth-order valence-corrected chi connectivity index (χ4v) is 5.63. The second kappa shape index (κ2) is 13.3. The number of ether oxygens (including phenoxy) is 1. The van der Waals surface area contributed by atoms with Crippen LogP contribution in [0.2, 0.25) is 5.15 Å². The van der Waals surface area contributed by atoms with Crippen molar-refractivity contribution in [1.82, 2.24) is 25.1 Å². The third-order valence-corrected chi connectivity index (χ3v) is 8.10. The van der Waals surface area contributed by atoms with E-state index in [0.29, 0.717) is 47.9 Å². The molecule has 1 atom stereocenters. The fraction of sp³-hybridized carbons (Fsp3) is 0.571. The van der Waals surface area contributed by atoms with Gasteiger partial charge in [-0.15, -0.1) is 0 Å². The molecule has 4 rings (SSSR count). The number of amides is 2.